The van der Waals surface area contributed by atoms with Crippen molar-refractivity contribution in [1.82, 2.24) is 10.2 Å². The monoisotopic (exact) mass is 625 g/mol. The Balaban J connectivity index is 1.28. The number of anilines is 1. The molecule has 0 spiro atoms. The van der Waals surface area contributed by atoms with Gasteiger partial charge in [0.05, 0.1) is 50.9 Å². The molecule has 2 saturated heterocycles. The average molecular weight is 626 g/mol. The molecule has 1 unspecified atom stereocenters. The van der Waals surface area contributed by atoms with Crippen LogP contribution in [0.4, 0.5) is 5.69 Å². The fourth-order valence-corrected chi connectivity index (χ4v) is 6.59. The standard InChI is InChI=1S/C35H51N3O7/c1-26-6-4-14-38(26)34(39)25-45-33-22-36-21-32(35(33)29-10-7-27(8-11-29)23-42-19-18-41-3)44-24-28-9-12-31-30(20-28)37(15-17-43-31)13-5-16-40-2/h7-12,20,26,32-33,35-36H,4-6,13-19,21-25H2,1-3H3/t26?,32-,33+,35+/m0/s1. The van der Waals surface area contributed by atoms with E-state index in [1.165, 1.54) is 0 Å². The highest BCUT2D eigenvalue weighted by Gasteiger charge is 2.37. The van der Waals surface area contributed by atoms with Crippen molar-refractivity contribution in [2.24, 2.45) is 0 Å². The van der Waals surface area contributed by atoms with Crippen LogP contribution in [-0.4, -0.2) is 109 Å². The number of methoxy groups -OCH3 is 2. The third-order valence-corrected chi connectivity index (χ3v) is 9.07. The van der Waals surface area contributed by atoms with E-state index in [1.54, 1.807) is 14.2 Å². The lowest BCUT2D eigenvalue weighted by atomic mass is 9.85. The summed E-state index contributed by atoms with van der Waals surface area (Å²) in [6.07, 6.45) is 2.72. The Hall–Kier alpha value is -2.73. The van der Waals surface area contributed by atoms with E-state index in [2.05, 4.69) is 59.6 Å². The summed E-state index contributed by atoms with van der Waals surface area (Å²) in [6.45, 7) is 9.68. The Labute approximate surface area is 268 Å². The van der Waals surface area contributed by atoms with E-state index in [-0.39, 0.29) is 36.7 Å². The second-order valence-corrected chi connectivity index (χ2v) is 12.2. The number of benzene rings is 2. The Morgan fingerprint density at radius 3 is 2.47 bits per heavy atom. The topological polar surface area (TPSA) is 91.0 Å². The minimum absolute atomic E-state index is 0.0370. The zero-order chi connectivity index (χ0) is 31.4. The molecule has 2 aromatic rings. The van der Waals surface area contributed by atoms with Gasteiger partial charge in [-0.05, 0) is 55.0 Å². The first kappa shape index (κ1) is 33.6. The molecule has 2 fully saturated rings. The average Bonchev–Trinajstić information content (AvgIpc) is 3.51. The summed E-state index contributed by atoms with van der Waals surface area (Å²) in [7, 11) is 3.41. The van der Waals surface area contributed by atoms with Crippen molar-refractivity contribution in [3.8, 4) is 5.75 Å². The summed E-state index contributed by atoms with van der Waals surface area (Å²) in [5, 5.41) is 3.51. The fraction of sp³-hybridized carbons (Fsp3) is 0.629. The minimum atomic E-state index is -0.206. The maximum absolute atomic E-state index is 13.1. The Morgan fingerprint density at radius 1 is 0.933 bits per heavy atom. The van der Waals surface area contributed by atoms with Gasteiger partial charge in [-0.1, -0.05) is 30.3 Å². The van der Waals surface area contributed by atoms with Crippen LogP contribution in [0.1, 0.15) is 48.8 Å². The van der Waals surface area contributed by atoms with Crippen LogP contribution in [-0.2, 0) is 41.7 Å². The molecular formula is C35H51N3O7. The van der Waals surface area contributed by atoms with Crippen LogP contribution >= 0.6 is 0 Å². The lowest BCUT2D eigenvalue weighted by Crippen LogP contribution is -2.51. The van der Waals surface area contributed by atoms with Gasteiger partial charge >= 0.3 is 0 Å². The molecule has 3 aliphatic heterocycles. The maximum Gasteiger partial charge on any atom is 0.248 e. The molecule has 10 heteroatoms. The number of hydrogen-bond acceptors (Lipinski definition) is 9. The highest BCUT2D eigenvalue weighted by molar-refractivity contribution is 5.78. The van der Waals surface area contributed by atoms with Gasteiger partial charge in [0, 0.05) is 59.0 Å². The number of ether oxygens (including phenoxy) is 6. The second kappa shape index (κ2) is 17.3. The molecule has 45 heavy (non-hydrogen) atoms. The lowest BCUT2D eigenvalue weighted by molar-refractivity contribution is -0.141. The number of amides is 1. The smallest absolute Gasteiger partial charge is 0.248 e. The van der Waals surface area contributed by atoms with Crippen molar-refractivity contribution >= 4 is 11.6 Å². The van der Waals surface area contributed by atoms with E-state index in [0.717, 1.165) is 73.6 Å². The fourth-order valence-electron chi connectivity index (χ4n) is 6.59. The number of hydrogen-bond donors (Lipinski definition) is 1. The van der Waals surface area contributed by atoms with Gasteiger partial charge in [-0.25, -0.2) is 0 Å². The Bertz CT molecular complexity index is 1200. The lowest BCUT2D eigenvalue weighted by Gasteiger charge is -2.39. The first-order valence-electron chi connectivity index (χ1n) is 16.5. The van der Waals surface area contributed by atoms with Crippen LogP contribution in [0.15, 0.2) is 42.5 Å². The highest BCUT2D eigenvalue weighted by Crippen LogP contribution is 2.35. The van der Waals surface area contributed by atoms with Crippen LogP contribution in [0.2, 0.25) is 0 Å². The first-order chi connectivity index (χ1) is 22.1. The number of piperidine rings is 1. The number of fused-ring (bicyclic) bond motifs is 1. The van der Waals surface area contributed by atoms with Crippen molar-refractivity contribution in [3.63, 3.8) is 0 Å². The van der Waals surface area contributed by atoms with Crippen molar-refractivity contribution < 1.29 is 33.2 Å². The van der Waals surface area contributed by atoms with E-state index >= 15 is 0 Å². The van der Waals surface area contributed by atoms with Crippen LogP contribution in [0, 0.1) is 0 Å². The summed E-state index contributed by atoms with van der Waals surface area (Å²) in [5.41, 5.74) is 4.44. The molecule has 0 aromatic heterocycles. The van der Waals surface area contributed by atoms with Gasteiger partial charge in [0.15, 0.2) is 0 Å². The van der Waals surface area contributed by atoms with E-state index in [0.29, 0.717) is 46.1 Å². The molecule has 0 saturated carbocycles. The van der Waals surface area contributed by atoms with Crippen molar-refractivity contribution in [2.75, 3.05) is 84.9 Å². The summed E-state index contributed by atoms with van der Waals surface area (Å²) in [6, 6.07) is 15.1. The Kier molecular flexibility index (Phi) is 12.9. The molecule has 1 amide bonds. The number of nitrogens with one attached hydrogen (secondary N) is 1. The third-order valence-electron chi connectivity index (χ3n) is 9.07. The molecule has 10 nitrogen and oxygen atoms in total. The first-order valence-corrected chi connectivity index (χ1v) is 16.5. The quantitative estimate of drug-likeness (QED) is 0.280. The number of likely N-dealkylation sites (tertiary alicyclic amines) is 1. The minimum Gasteiger partial charge on any atom is -0.490 e. The van der Waals surface area contributed by atoms with Gasteiger partial charge < -0.3 is 43.5 Å². The zero-order valence-electron chi connectivity index (χ0n) is 27.2. The molecule has 2 aromatic carbocycles. The van der Waals surface area contributed by atoms with E-state index < -0.39 is 0 Å². The van der Waals surface area contributed by atoms with Crippen molar-refractivity contribution in [2.45, 2.75) is 63.6 Å². The number of rotatable bonds is 16. The molecule has 3 aliphatic rings. The highest BCUT2D eigenvalue weighted by atomic mass is 16.5. The van der Waals surface area contributed by atoms with E-state index in [4.69, 9.17) is 28.4 Å². The second-order valence-electron chi connectivity index (χ2n) is 12.2. The van der Waals surface area contributed by atoms with Gasteiger partial charge in [0.2, 0.25) is 5.91 Å². The number of nitrogens with zero attached hydrogens (tertiary/aromatic N) is 2. The van der Waals surface area contributed by atoms with Gasteiger partial charge in [-0.15, -0.1) is 0 Å². The third kappa shape index (κ3) is 9.18. The van der Waals surface area contributed by atoms with Crippen molar-refractivity contribution in [1.29, 1.82) is 0 Å². The van der Waals surface area contributed by atoms with Crippen LogP contribution < -0.4 is 15.0 Å². The molecule has 0 bridgehead atoms. The molecule has 5 rings (SSSR count). The predicted octanol–water partition coefficient (Wildman–Crippen LogP) is 3.75. The maximum atomic E-state index is 13.1. The van der Waals surface area contributed by atoms with Crippen molar-refractivity contribution in [3.05, 3.63) is 59.2 Å². The Morgan fingerprint density at radius 2 is 1.71 bits per heavy atom. The van der Waals surface area contributed by atoms with Gasteiger partial charge in [0.1, 0.15) is 19.0 Å². The summed E-state index contributed by atoms with van der Waals surface area (Å²) >= 11 is 0. The van der Waals surface area contributed by atoms with Gasteiger partial charge in [-0.2, -0.15) is 0 Å². The molecule has 0 aliphatic carbocycles. The van der Waals surface area contributed by atoms with Gasteiger partial charge in [-0.3, -0.25) is 4.79 Å². The van der Waals surface area contributed by atoms with E-state index in [1.807, 2.05) is 4.90 Å². The van der Waals surface area contributed by atoms with Gasteiger partial charge in [0.25, 0.3) is 0 Å². The van der Waals surface area contributed by atoms with Crippen LogP contribution in [0.3, 0.4) is 0 Å². The SMILES string of the molecule is COCCCN1CCOc2ccc(CO[C@H]3CNC[C@@H](OCC(=O)N4CCCC4C)[C@@H]3c3ccc(COCCOC)cc3)cc21. The molecule has 1 N–H and O–H groups in total. The predicted molar refractivity (Wildman–Crippen MR) is 173 cm³/mol. The zero-order valence-corrected chi connectivity index (χ0v) is 27.2. The normalized spacial score (nSPS) is 23.2. The summed E-state index contributed by atoms with van der Waals surface area (Å²) in [4.78, 5) is 17.4. The van der Waals surface area contributed by atoms with E-state index in [9.17, 15) is 4.79 Å². The largest absolute Gasteiger partial charge is 0.490 e. The molecular weight excluding hydrogens is 574 g/mol. The molecule has 0 radical (unpaired) electrons. The number of carbonyl (C=O) groups excluding carboxylic acids is 1. The van der Waals surface area contributed by atoms with Crippen LogP contribution in [0.5, 0.6) is 5.75 Å². The number of carbonyl (C=O) groups is 1. The molecule has 248 valence electrons. The summed E-state index contributed by atoms with van der Waals surface area (Å²) in [5.74, 6) is 0.943. The summed E-state index contributed by atoms with van der Waals surface area (Å²) < 4.78 is 35.1. The molecule has 3 heterocycles. The van der Waals surface area contributed by atoms with Crippen LogP contribution in [0.25, 0.3) is 0 Å². The molecule has 4 atom stereocenters.